The zero-order valence-corrected chi connectivity index (χ0v) is 101. The smallest absolute Gasteiger partial charge is 0.0297 e. The van der Waals surface area contributed by atoms with E-state index in [0.29, 0.717) is 0 Å². The lowest BCUT2D eigenvalue weighted by atomic mass is 9.92. The summed E-state index contributed by atoms with van der Waals surface area (Å²) in [7, 11) is 0. The van der Waals surface area contributed by atoms with Gasteiger partial charge in [0.05, 0.1) is 0 Å². The quantitative estimate of drug-likeness (QED) is 0.140. The van der Waals surface area contributed by atoms with Crippen molar-refractivity contribution in [1.29, 1.82) is 0 Å². The molecular formula is C126H150Br8I2. The lowest BCUT2D eigenvalue weighted by Gasteiger charge is -2.22. The Balaban J connectivity index is 0.000000516. The number of halogens is 10. The van der Waals surface area contributed by atoms with Gasteiger partial charge in [0, 0.05) is 84.1 Å². The highest BCUT2D eigenvalue weighted by Gasteiger charge is 2.24. The highest BCUT2D eigenvalue weighted by Crippen LogP contribution is 2.49. The molecule has 0 fully saturated rings. The lowest BCUT2D eigenvalue weighted by Crippen LogP contribution is -1.99. The van der Waals surface area contributed by atoms with E-state index in [4.69, 9.17) is 0 Å². The van der Waals surface area contributed by atoms with Crippen LogP contribution in [0.25, 0.3) is 44.5 Å². The van der Waals surface area contributed by atoms with Crippen LogP contribution in [0.1, 0.15) is 213 Å². The molecule has 0 aliphatic carbocycles. The second kappa shape index (κ2) is 62.1. The zero-order chi connectivity index (χ0) is 99.7. The second-order valence-corrected chi connectivity index (χ2v) is 42.1. The molecule has 136 heavy (non-hydrogen) atoms. The standard InChI is InChI=1S/C18H18Br4.C18H22.C16H18.C15H16.C14H14.C9H10Br2.C9H12.C8H8Br2.2C8H10.3CH4.I2/c1-7-9(3)15(19)13(16(20)10(7)4)14-17(21)11(5)8(2)12(6)18(14)22;1-11-7-17(8-12(2)15(11)5)18-9-13(3)16(6)14(4)10-18;1-11-5-7-15(9-13(11)3)16-8-6-12(2)14(4)10-16;1-12-3-7-14(8-4-12)11-15-9-5-13(2)6-10-15;1-11-3-7-13(8-4-11)14-9-5-12(2)6-10-14;1-3-7-4-8(10)6(2)9(11)5-7;1-7-4-5-8(2)9(3)6-7;1-5-3-7(9)6(2)8(10)4-5;1-7-3-5-8(2)6-4-7;1-7-4-3-5-8(2)6-7;;;;1-2/h1-6H3;7-10H,1-6H3;5-10H,1-4H3;3-10H,11H2,1-2H3;3-10H,1-2H3;4-5H,3H2,1-2H3;4-6H,1-3H3;3-4H,1-2H3;2*3-6H,1-2H3;3*1H4;. The normalized spacial score (nSPS) is 9.98. The molecule has 0 unspecified atom stereocenters. The van der Waals surface area contributed by atoms with Gasteiger partial charge in [-0.3, -0.25) is 0 Å². The molecule has 0 nitrogen and oxygen atoms in total. The topological polar surface area (TPSA) is 0 Å². The van der Waals surface area contributed by atoms with Crippen molar-refractivity contribution in [3.8, 4) is 44.5 Å². The molecule has 0 radical (unpaired) electrons. The average molecular weight is 2560 g/mol. The van der Waals surface area contributed by atoms with E-state index < -0.39 is 0 Å². The first kappa shape index (κ1) is 126. The van der Waals surface area contributed by atoms with Gasteiger partial charge in [0.1, 0.15) is 0 Å². The predicted octanol–water partition coefficient (Wildman–Crippen LogP) is 44.7. The summed E-state index contributed by atoms with van der Waals surface area (Å²) in [6.07, 6.45) is 2.11. The minimum atomic E-state index is 0. The zero-order valence-electron chi connectivity index (χ0n) is 84.4. The maximum atomic E-state index is 3.82. The molecule has 0 heterocycles. The highest BCUT2D eigenvalue weighted by atomic mass is 128. The first-order chi connectivity index (χ1) is 62.6. The van der Waals surface area contributed by atoms with E-state index in [1.54, 1.807) is 0 Å². The molecule has 0 saturated heterocycles. The minimum absolute atomic E-state index is 0. The molecule has 15 rings (SSSR count). The van der Waals surface area contributed by atoms with Gasteiger partial charge in [-0.05, 0) is 475 Å². The molecule has 0 atom stereocenters. The third-order valence-corrected chi connectivity index (χ3v) is 31.8. The summed E-state index contributed by atoms with van der Waals surface area (Å²) in [4.78, 5) is 0. The largest absolute Gasteiger partial charge is 0.0776 e. The maximum Gasteiger partial charge on any atom is 0.0297 e. The molecule has 15 aromatic carbocycles. The number of hydrogen-bond donors (Lipinski definition) is 0. The van der Waals surface area contributed by atoms with E-state index in [2.05, 4.69) is 628 Å². The fourth-order valence-corrected chi connectivity index (χ4v) is 20.0. The van der Waals surface area contributed by atoms with Gasteiger partial charge in [-0.2, -0.15) is 0 Å². The Hall–Kier alpha value is -6.40. The van der Waals surface area contributed by atoms with E-state index in [0.717, 1.165) is 30.7 Å². The Morgan fingerprint density at radius 1 is 0.176 bits per heavy atom. The van der Waals surface area contributed by atoms with E-state index in [1.807, 2.05) is 0 Å². The van der Waals surface area contributed by atoms with Crippen LogP contribution in [0.5, 0.6) is 0 Å². The van der Waals surface area contributed by atoms with Gasteiger partial charge in [0.25, 0.3) is 0 Å². The molecule has 0 aromatic heterocycles. The van der Waals surface area contributed by atoms with Crippen molar-refractivity contribution in [2.45, 2.75) is 250 Å². The van der Waals surface area contributed by atoms with Crippen molar-refractivity contribution in [1.82, 2.24) is 0 Å². The first-order valence-electron chi connectivity index (χ1n) is 45.2. The van der Waals surface area contributed by atoms with Gasteiger partial charge in [-0.1, -0.05) is 367 Å². The van der Waals surface area contributed by atoms with Crippen LogP contribution in [0.3, 0.4) is 0 Å². The van der Waals surface area contributed by atoms with Crippen LogP contribution in [0, 0.1) is 208 Å². The van der Waals surface area contributed by atoms with Crippen LogP contribution in [0.4, 0.5) is 0 Å². The van der Waals surface area contributed by atoms with E-state index in [9.17, 15) is 0 Å². The minimum Gasteiger partial charge on any atom is -0.0776 e. The van der Waals surface area contributed by atoms with Crippen LogP contribution in [0.2, 0.25) is 0 Å². The number of rotatable bonds is 7. The Labute approximate surface area is 916 Å². The van der Waals surface area contributed by atoms with Crippen LogP contribution < -0.4 is 0 Å². The van der Waals surface area contributed by atoms with Gasteiger partial charge >= 0.3 is 0 Å². The van der Waals surface area contributed by atoms with Gasteiger partial charge in [0.15, 0.2) is 0 Å². The summed E-state index contributed by atoms with van der Waals surface area (Å²) in [5, 5.41) is 0. The van der Waals surface area contributed by atoms with Gasteiger partial charge in [-0.15, -0.1) is 0 Å². The molecule has 15 aromatic rings. The molecule has 0 amide bonds. The van der Waals surface area contributed by atoms with Crippen molar-refractivity contribution in [3.05, 3.63) is 468 Å². The highest BCUT2D eigenvalue weighted by molar-refractivity contribution is 15.0. The van der Waals surface area contributed by atoms with Crippen molar-refractivity contribution in [2.24, 2.45) is 0 Å². The molecule has 0 bridgehead atoms. The molecule has 0 aliphatic heterocycles. The number of aryl methyl sites for hydroxylation is 21. The molecule has 10 heteroatoms. The first-order valence-corrected chi connectivity index (χ1v) is 57.8. The summed E-state index contributed by atoms with van der Waals surface area (Å²) in [5.74, 6) is 0. The molecule has 0 aliphatic rings. The van der Waals surface area contributed by atoms with Gasteiger partial charge < -0.3 is 0 Å². The summed E-state index contributed by atoms with van der Waals surface area (Å²) < 4.78 is 9.28. The number of hydrogen-bond acceptors (Lipinski definition) is 0. The number of benzene rings is 15. The van der Waals surface area contributed by atoms with Gasteiger partial charge in [0.2, 0.25) is 0 Å². The molecule has 0 saturated carbocycles. The fraction of sp³-hybridized carbons (Fsp3) is 0.286. The third-order valence-electron chi connectivity index (χ3n) is 24.5. The summed E-state index contributed by atoms with van der Waals surface area (Å²) in [5.41, 5.74) is 54.4. The van der Waals surface area contributed by atoms with Gasteiger partial charge in [-0.25, -0.2) is 0 Å². The van der Waals surface area contributed by atoms with Crippen LogP contribution in [-0.2, 0) is 12.8 Å². The van der Waals surface area contributed by atoms with Crippen molar-refractivity contribution in [2.75, 3.05) is 0 Å². The summed E-state index contributed by atoms with van der Waals surface area (Å²) in [6, 6.07) is 89.2. The van der Waals surface area contributed by atoms with Crippen LogP contribution >= 0.6 is 165 Å². The van der Waals surface area contributed by atoms with E-state index >= 15 is 0 Å². The summed E-state index contributed by atoms with van der Waals surface area (Å²) in [6.45, 7) is 66.5. The summed E-state index contributed by atoms with van der Waals surface area (Å²) >= 11 is 33.5. The van der Waals surface area contributed by atoms with Crippen molar-refractivity contribution >= 4 is 165 Å². The molecule has 724 valence electrons. The van der Waals surface area contributed by atoms with Crippen molar-refractivity contribution in [3.63, 3.8) is 0 Å². The maximum absolute atomic E-state index is 3.82. The third kappa shape index (κ3) is 39.8. The fourth-order valence-electron chi connectivity index (χ4n) is 14.0. The Kier molecular flexibility index (Phi) is 57.4. The van der Waals surface area contributed by atoms with Crippen LogP contribution in [-0.4, -0.2) is 0 Å². The molecule has 0 N–H and O–H groups in total. The second-order valence-electron chi connectivity index (χ2n) is 35.5. The molecular weight excluding hydrogens is 2410 g/mol. The Morgan fingerprint density at radius 3 is 0.654 bits per heavy atom. The van der Waals surface area contributed by atoms with Crippen molar-refractivity contribution < 1.29 is 0 Å². The average Bonchev–Trinajstić information content (AvgIpc) is 0.747. The Morgan fingerprint density at radius 2 is 0.404 bits per heavy atom. The predicted molar refractivity (Wildman–Crippen MR) is 657 cm³/mol. The Bertz CT molecular complexity index is 5870. The van der Waals surface area contributed by atoms with E-state index in [-0.39, 0.29) is 22.3 Å². The lowest BCUT2D eigenvalue weighted by molar-refractivity contribution is 1.12. The SMILES string of the molecule is C.C.C.CCc1cc(Br)c(C)c(Br)c1.Cc1c(C)c(Br)c(-c2c(Br)c(C)c(C)c(C)c2Br)c(Br)c1C.Cc1cc(-c2cc(C)c(C)c(C)c2)cc(C)c1C.Cc1cc(Br)c(C)c(Br)c1.Cc1ccc(-c2ccc(C)c(C)c2)cc1C.Cc1ccc(-c2ccc(C)cc2)cc1.Cc1ccc(C)c(C)c1.Cc1ccc(C)cc1.Cc1ccc(Cc2ccc(C)cc2)cc1.Cc1cccc(C)c1.II. The van der Waals surface area contributed by atoms with Crippen LogP contribution in [0.15, 0.2) is 285 Å². The molecule has 0 spiro atoms. The monoisotopic (exact) mass is 2550 g/mol. The van der Waals surface area contributed by atoms with E-state index in [1.165, 1.54) is 246 Å².